The molecule has 1 aliphatic carbocycles. The molecule has 1 fully saturated rings. The minimum atomic E-state index is -3.76. The number of benzene rings is 1. The summed E-state index contributed by atoms with van der Waals surface area (Å²) in [7, 11) is -3.76. The molecule has 0 radical (unpaired) electrons. The average Bonchev–Trinajstić information content (AvgIpc) is 3.23. The zero-order valence-corrected chi connectivity index (χ0v) is 21.4. The highest BCUT2D eigenvalue weighted by Gasteiger charge is 2.43. The predicted molar refractivity (Wildman–Crippen MR) is 132 cm³/mol. The van der Waals surface area contributed by atoms with Crippen molar-refractivity contribution in [2.24, 2.45) is 4.99 Å². The highest BCUT2D eigenvalue weighted by Crippen LogP contribution is 2.38. The second-order valence-electron chi connectivity index (χ2n) is 10.4. The lowest BCUT2D eigenvalue weighted by molar-refractivity contribution is -0.130. The van der Waals surface area contributed by atoms with Gasteiger partial charge in [0.15, 0.2) is 0 Å². The van der Waals surface area contributed by atoms with Gasteiger partial charge >= 0.3 is 0 Å². The van der Waals surface area contributed by atoms with Crippen LogP contribution in [0.15, 0.2) is 34.3 Å². The molecule has 0 bridgehead atoms. The minimum Gasteiger partial charge on any atom is -0.335 e. The number of rotatable bonds is 5. The van der Waals surface area contributed by atoms with E-state index in [-0.39, 0.29) is 29.3 Å². The maximum absolute atomic E-state index is 13.8. The fraction of sp³-hybridized carbons (Fsp3) is 0.500. The molecule has 1 saturated carbocycles. The molecule has 36 heavy (non-hydrogen) atoms. The molecule has 6 rings (SSSR count). The Morgan fingerprint density at radius 2 is 2.03 bits per heavy atom. The van der Waals surface area contributed by atoms with E-state index in [4.69, 9.17) is 0 Å². The number of guanidine groups is 1. The molecule has 2 aromatic rings. The fourth-order valence-electron chi connectivity index (χ4n) is 5.12. The second kappa shape index (κ2) is 7.87. The molecular formula is C24H29N7O4S. The number of amides is 2. The third-order valence-corrected chi connectivity index (χ3v) is 9.16. The molecule has 190 valence electrons. The smallest absolute Gasteiger partial charge is 0.263 e. The molecule has 1 aromatic carbocycles. The molecule has 1 N–H and O–H groups in total. The van der Waals surface area contributed by atoms with Crippen LogP contribution in [0.25, 0.3) is 0 Å². The topological polar surface area (TPSA) is 120 Å². The van der Waals surface area contributed by atoms with Crippen molar-refractivity contribution in [1.29, 1.82) is 0 Å². The van der Waals surface area contributed by atoms with Gasteiger partial charge in [-0.05, 0) is 44.9 Å². The Labute approximate surface area is 209 Å². The number of anilines is 1. The van der Waals surface area contributed by atoms with E-state index in [9.17, 15) is 18.0 Å². The van der Waals surface area contributed by atoms with Crippen molar-refractivity contribution in [2.45, 2.75) is 69.7 Å². The summed E-state index contributed by atoms with van der Waals surface area (Å²) in [5, 5.41) is 4.47. The van der Waals surface area contributed by atoms with Gasteiger partial charge in [0.2, 0.25) is 21.9 Å². The van der Waals surface area contributed by atoms with Gasteiger partial charge in [-0.25, -0.2) is 13.1 Å². The van der Waals surface area contributed by atoms with Crippen molar-refractivity contribution in [3.8, 4) is 0 Å². The van der Waals surface area contributed by atoms with Gasteiger partial charge in [0, 0.05) is 24.6 Å². The molecule has 1 atom stereocenters. The summed E-state index contributed by atoms with van der Waals surface area (Å²) in [5.41, 5.74) is 2.32. The minimum absolute atomic E-state index is 0.000973. The van der Waals surface area contributed by atoms with Crippen LogP contribution in [0.1, 0.15) is 55.2 Å². The molecule has 3 aliphatic heterocycles. The molecule has 11 nitrogen and oxygen atoms in total. The quantitative estimate of drug-likeness (QED) is 0.646. The molecule has 4 aliphatic rings. The van der Waals surface area contributed by atoms with Gasteiger partial charge < -0.3 is 9.80 Å². The third-order valence-electron chi connectivity index (χ3n) is 7.52. The van der Waals surface area contributed by atoms with E-state index >= 15 is 0 Å². The Morgan fingerprint density at radius 3 is 2.75 bits per heavy atom. The predicted octanol–water partition coefficient (Wildman–Crippen LogP) is 1.30. The van der Waals surface area contributed by atoms with E-state index in [1.54, 1.807) is 35.1 Å². The maximum atomic E-state index is 13.8. The molecule has 0 unspecified atom stereocenters. The van der Waals surface area contributed by atoms with Gasteiger partial charge in [0.05, 0.1) is 60.3 Å². The van der Waals surface area contributed by atoms with Gasteiger partial charge in [0.25, 0.3) is 5.91 Å². The van der Waals surface area contributed by atoms with Crippen molar-refractivity contribution in [1.82, 2.24) is 24.3 Å². The Morgan fingerprint density at radius 1 is 1.25 bits per heavy atom. The van der Waals surface area contributed by atoms with Crippen molar-refractivity contribution in [3.63, 3.8) is 0 Å². The number of sulfonamides is 1. The summed E-state index contributed by atoms with van der Waals surface area (Å²) in [6.07, 6.45) is 3.34. The zero-order chi connectivity index (χ0) is 25.4. The number of carbonyl (C=O) groups excluding carboxylic acids is 2. The number of fused-ring (bicyclic) bond motifs is 4. The second-order valence-corrected chi connectivity index (χ2v) is 12.1. The number of nitrogens with zero attached hydrogens (tertiary/aromatic N) is 6. The van der Waals surface area contributed by atoms with Crippen LogP contribution in [0.5, 0.6) is 0 Å². The first-order valence-corrected chi connectivity index (χ1v) is 13.7. The van der Waals surface area contributed by atoms with Gasteiger partial charge in [-0.15, -0.1) is 0 Å². The summed E-state index contributed by atoms with van der Waals surface area (Å²) < 4.78 is 30.7. The number of hydrogen-bond donors (Lipinski definition) is 1. The largest absolute Gasteiger partial charge is 0.335 e. The third kappa shape index (κ3) is 3.70. The van der Waals surface area contributed by atoms with Crippen molar-refractivity contribution in [2.75, 3.05) is 18.0 Å². The van der Waals surface area contributed by atoms with Crippen LogP contribution in [-0.2, 0) is 34.5 Å². The fourth-order valence-corrected chi connectivity index (χ4v) is 6.61. The highest BCUT2D eigenvalue weighted by atomic mass is 32.2. The molecule has 0 saturated heterocycles. The maximum Gasteiger partial charge on any atom is 0.263 e. The summed E-state index contributed by atoms with van der Waals surface area (Å²) >= 11 is 0. The van der Waals surface area contributed by atoms with Gasteiger partial charge in [-0.2, -0.15) is 5.10 Å². The van der Waals surface area contributed by atoms with E-state index in [2.05, 4.69) is 14.8 Å². The molecular weight excluding hydrogens is 482 g/mol. The van der Waals surface area contributed by atoms with Crippen molar-refractivity contribution >= 4 is 33.5 Å². The first-order valence-electron chi connectivity index (χ1n) is 12.2. The SMILES string of the molecule is CC(=O)N1CCn2ncc(CN3C(=O)c4cc(S(=O)(=O)NC5(C)CC5)ccc4N4C3=NC[C@H]4C)c2C1. The molecule has 1 aromatic heterocycles. The lowest BCUT2D eigenvalue weighted by Gasteiger charge is -2.38. The van der Waals surface area contributed by atoms with E-state index in [1.807, 2.05) is 23.4 Å². The Bertz CT molecular complexity index is 1430. The molecule has 0 spiro atoms. The van der Waals surface area contributed by atoms with Crippen LogP contribution in [-0.4, -0.2) is 70.4 Å². The van der Waals surface area contributed by atoms with Gasteiger partial charge in [-0.3, -0.25) is 24.2 Å². The van der Waals surface area contributed by atoms with Crippen LogP contribution in [0.2, 0.25) is 0 Å². The Balaban J connectivity index is 1.36. The zero-order valence-electron chi connectivity index (χ0n) is 20.6. The first-order chi connectivity index (χ1) is 17.1. The van der Waals surface area contributed by atoms with Crippen LogP contribution in [0.4, 0.5) is 5.69 Å². The van der Waals surface area contributed by atoms with Crippen LogP contribution < -0.4 is 9.62 Å². The van der Waals surface area contributed by atoms with Crippen molar-refractivity contribution < 1.29 is 18.0 Å². The Hall–Kier alpha value is -3.25. The van der Waals surface area contributed by atoms with E-state index in [1.165, 1.54) is 6.07 Å². The Kier molecular flexibility index (Phi) is 5.07. The van der Waals surface area contributed by atoms with Crippen LogP contribution in [0, 0.1) is 0 Å². The van der Waals surface area contributed by atoms with Crippen LogP contribution in [0.3, 0.4) is 0 Å². The first kappa shape index (κ1) is 23.2. The summed E-state index contributed by atoms with van der Waals surface area (Å²) in [6.45, 7) is 7.85. The monoisotopic (exact) mass is 511 g/mol. The molecule has 4 heterocycles. The summed E-state index contributed by atoms with van der Waals surface area (Å²) in [4.78, 5) is 35.9. The highest BCUT2D eigenvalue weighted by molar-refractivity contribution is 7.89. The van der Waals surface area contributed by atoms with Crippen molar-refractivity contribution in [3.05, 3.63) is 41.2 Å². The van der Waals surface area contributed by atoms with E-state index < -0.39 is 15.6 Å². The van der Waals surface area contributed by atoms with Gasteiger partial charge in [0.1, 0.15) is 0 Å². The lowest BCUT2D eigenvalue weighted by Crippen LogP contribution is -2.52. The number of hydrogen-bond acceptors (Lipinski definition) is 7. The summed E-state index contributed by atoms with van der Waals surface area (Å²) in [6, 6.07) is 4.77. The number of aromatic nitrogens is 2. The van der Waals surface area contributed by atoms with E-state index in [0.717, 1.165) is 24.1 Å². The normalized spacial score (nSPS) is 22.2. The number of aliphatic imine (C=N–C) groups is 1. The number of carbonyl (C=O) groups is 2. The average molecular weight is 512 g/mol. The standard InChI is InChI=1S/C24H29N7O4S/c1-15-11-25-23-29(13-17-12-26-30-9-8-28(16(2)32)14-21(17)30)22(33)19-10-18(4-5-20(19)31(15)23)36(34,35)27-24(3)6-7-24/h4-5,10,12,15,27H,6-9,11,13-14H2,1-3H3/t15-/m1/s1. The van der Waals surface area contributed by atoms with Gasteiger partial charge in [-0.1, -0.05) is 0 Å². The van der Waals surface area contributed by atoms with E-state index in [0.29, 0.717) is 43.4 Å². The number of nitrogens with one attached hydrogen (secondary N) is 1. The molecule has 2 amide bonds. The molecule has 12 heteroatoms. The van der Waals surface area contributed by atoms with Crippen LogP contribution >= 0.6 is 0 Å². The summed E-state index contributed by atoms with van der Waals surface area (Å²) in [5.74, 6) is 0.250. The lowest BCUT2D eigenvalue weighted by atomic mass is 10.1.